The molecule has 0 spiro atoms. The van der Waals surface area contributed by atoms with Crippen molar-refractivity contribution >= 4 is 0 Å². The van der Waals surface area contributed by atoms with E-state index >= 15 is 0 Å². The van der Waals surface area contributed by atoms with Gasteiger partial charge in [0.1, 0.15) is 5.75 Å². The molecular weight excluding hydrogens is 264 g/mol. The summed E-state index contributed by atoms with van der Waals surface area (Å²) in [5.74, 6) is 0.945. The first kappa shape index (κ1) is 16.3. The molecule has 1 fully saturated rings. The van der Waals surface area contributed by atoms with E-state index in [0.29, 0.717) is 12.6 Å². The molecule has 0 saturated carbocycles. The highest BCUT2D eigenvalue weighted by molar-refractivity contribution is 5.28. The van der Waals surface area contributed by atoms with Crippen molar-refractivity contribution in [3.05, 3.63) is 29.8 Å². The minimum absolute atomic E-state index is 0.380. The molecule has 0 amide bonds. The molecule has 1 aromatic carbocycles. The van der Waals surface area contributed by atoms with Crippen LogP contribution in [0.15, 0.2) is 24.3 Å². The molecule has 4 nitrogen and oxygen atoms in total. The number of benzene rings is 1. The van der Waals surface area contributed by atoms with Crippen LogP contribution < -0.4 is 10.1 Å². The Morgan fingerprint density at radius 2 is 1.95 bits per heavy atom. The quantitative estimate of drug-likeness (QED) is 0.746. The predicted molar refractivity (Wildman–Crippen MR) is 85.9 cm³/mol. The molecule has 0 radical (unpaired) electrons. The largest absolute Gasteiger partial charge is 0.494 e. The van der Waals surface area contributed by atoms with Crippen LogP contribution in [0.5, 0.6) is 5.75 Å². The summed E-state index contributed by atoms with van der Waals surface area (Å²) in [6, 6.07) is 8.76. The van der Waals surface area contributed by atoms with Crippen LogP contribution in [0, 0.1) is 0 Å². The third kappa shape index (κ3) is 5.65. The van der Waals surface area contributed by atoms with Gasteiger partial charge < -0.3 is 14.8 Å². The molecule has 1 saturated heterocycles. The summed E-state index contributed by atoms with van der Waals surface area (Å²) < 4.78 is 10.8. The Bertz CT molecular complexity index is 388. The first-order valence-electron chi connectivity index (χ1n) is 8.06. The molecular formula is C17H28N2O2. The Kier molecular flexibility index (Phi) is 7.00. The minimum atomic E-state index is 0.380. The van der Waals surface area contributed by atoms with Gasteiger partial charge in [-0.2, -0.15) is 0 Å². The van der Waals surface area contributed by atoms with Gasteiger partial charge in [0.2, 0.25) is 0 Å². The Morgan fingerprint density at radius 3 is 2.62 bits per heavy atom. The lowest BCUT2D eigenvalue weighted by molar-refractivity contribution is 0.0374. The molecule has 1 aromatic rings. The van der Waals surface area contributed by atoms with Gasteiger partial charge in [0.25, 0.3) is 0 Å². The zero-order valence-corrected chi connectivity index (χ0v) is 13.3. The molecule has 1 heterocycles. The van der Waals surface area contributed by atoms with Gasteiger partial charge >= 0.3 is 0 Å². The van der Waals surface area contributed by atoms with Gasteiger partial charge in [-0.15, -0.1) is 0 Å². The van der Waals surface area contributed by atoms with E-state index in [-0.39, 0.29) is 0 Å². The van der Waals surface area contributed by atoms with E-state index in [9.17, 15) is 0 Å². The normalized spacial score (nSPS) is 17.6. The Hall–Kier alpha value is -1.10. The third-order valence-electron chi connectivity index (χ3n) is 3.90. The van der Waals surface area contributed by atoms with Crippen molar-refractivity contribution in [1.82, 2.24) is 10.2 Å². The molecule has 4 heteroatoms. The number of ether oxygens (including phenoxy) is 2. The SMILES string of the molecule is CCOc1ccc(C(C)NCCCN2CCOCC2)cc1. The molecule has 118 valence electrons. The second-order valence-electron chi connectivity index (χ2n) is 5.49. The second kappa shape index (κ2) is 9.03. The van der Waals surface area contributed by atoms with Crippen molar-refractivity contribution in [2.45, 2.75) is 26.3 Å². The zero-order valence-electron chi connectivity index (χ0n) is 13.3. The van der Waals surface area contributed by atoms with Crippen molar-refractivity contribution in [2.75, 3.05) is 46.0 Å². The van der Waals surface area contributed by atoms with E-state index in [1.807, 2.05) is 19.1 Å². The molecule has 2 rings (SSSR count). The molecule has 1 aliphatic heterocycles. The highest BCUT2D eigenvalue weighted by atomic mass is 16.5. The number of nitrogens with one attached hydrogen (secondary N) is 1. The molecule has 0 bridgehead atoms. The van der Waals surface area contributed by atoms with Gasteiger partial charge in [-0.05, 0) is 51.1 Å². The second-order valence-corrected chi connectivity index (χ2v) is 5.49. The highest BCUT2D eigenvalue weighted by Crippen LogP contribution is 2.17. The fraction of sp³-hybridized carbons (Fsp3) is 0.647. The van der Waals surface area contributed by atoms with Gasteiger partial charge in [0.05, 0.1) is 19.8 Å². The summed E-state index contributed by atoms with van der Waals surface area (Å²) in [6.45, 7) is 11.1. The Morgan fingerprint density at radius 1 is 1.24 bits per heavy atom. The van der Waals surface area contributed by atoms with Crippen molar-refractivity contribution in [2.24, 2.45) is 0 Å². The lowest BCUT2D eigenvalue weighted by Gasteiger charge is -2.26. The summed E-state index contributed by atoms with van der Waals surface area (Å²) in [6.07, 6.45) is 1.18. The maximum atomic E-state index is 5.47. The van der Waals surface area contributed by atoms with Crippen LogP contribution in [0.3, 0.4) is 0 Å². The van der Waals surface area contributed by atoms with Crippen LogP contribution in [0.1, 0.15) is 31.9 Å². The summed E-state index contributed by atoms with van der Waals surface area (Å²) in [5.41, 5.74) is 1.31. The monoisotopic (exact) mass is 292 g/mol. The van der Waals surface area contributed by atoms with Crippen LogP contribution in [0.4, 0.5) is 0 Å². The average Bonchev–Trinajstić information content (AvgIpc) is 2.53. The van der Waals surface area contributed by atoms with Crippen LogP contribution in [0.25, 0.3) is 0 Å². The third-order valence-corrected chi connectivity index (χ3v) is 3.90. The van der Waals surface area contributed by atoms with Crippen LogP contribution in [-0.4, -0.2) is 50.9 Å². The van der Waals surface area contributed by atoms with E-state index in [0.717, 1.165) is 45.1 Å². The number of rotatable bonds is 8. The van der Waals surface area contributed by atoms with Crippen LogP contribution >= 0.6 is 0 Å². The maximum Gasteiger partial charge on any atom is 0.119 e. The van der Waals surface area contributed by atoms with Gasteiger partial charge in [-0.25, -0.2) is 0 Å². The van der Waals surface area contributed by atoms with E-state index in [1.165, 1.54) is 12.0 Å². The highest BCUT2D eigenvalue weighted by Gasteiger charge is 2.10. The molecule has 1 atom stereocenters. The predicted octanol–water partition coefficient (Wildman–Crippen LogP) is 2.46. The van der Waals surface area contributed by atoms with E-state index in [1.54, 1.807) is 0 Å². The summed E-state index contributed by atoms with van der Waals surface area (Å²) in [5, 5.41) is 3.59. The van der Waals surface area contributed by atoms with Crippen molar-refractivity contribution < 1.29 is 9.47 Å². The molecule has 0 aromatic heterocycles. The fourth-order valence-electron chi connectivity index (χ4n) is 2.58. The van der Waals surface area contributed by atoms with Crippen LogP contribution in [0.2, 0.25) is 0 Å². The molecule has 1 aliphatic rings. The molecule has 21 heavy (non-hydrogen) atoms. The van der Waals surface area contributed by atoms with E-state index in [2.05, 4.69) is 29.3 Å². The van der Waals surface area contributed by atoms with E-state index < -0.39 is 0 Å². The molecule has 1 unspecified atom stereocenters. The average molecular weight is 292 g/mol. The van der Waals surface area contributed by atoms with Crippen molar-refractivity contribution in [3.8, 4) is 5.75 Å². The van der Waals surface area contributed by atoms with Gasteiger partial charge in [-0.1, -0.05) is 12.1 Å². The maximum absolute atomic E-state index is 5.47. The van der Waals surface area contributed by atoms with Gasteiger partial charge in [0.15, 0.2) is 0 Å². The number of hydrogen-bond acceptors (Lipinski definition) is 4. The topological polar surface area (TPSA) is 33.7 Å². The lowest BCUT2D eigenvalue weighted by Crippen LogP contribution is -2.37. The summed E-state index contributed by atoms with van der Waals surface area (Å²) in [4.78, 5) is 2.48. The van der Waals surface area contributed by atoms with Crippen molar-refractivity contribution in [1.29, 1.82) is 0 Å². The fourth-order valence-corrected chi connectivity index (χ4v) is 2.58. The Balaban J connectivity index is 1.65. The molecule has 0 aliphatic carbocycles. The first-order valence-corrected chi connectivity index (χ1v) is 8.06. The van der Waals surface area contributed by atoms with Crippen LogP contribution in [-0.2, 0) is 4.74 Å². The Labute approximate surface area is 128 Å². The van der Waals surface area contributed by atoms with E-state index in [4.69, 9.17) is 9.47 Å². The van der Waals surface area contributed by atoms with Gasteiger partial charge in [0, 0.05) is 19.1 Å². The van der Waals surface area contributed by atoms with Crippen molar-refractivity contribution in [3.63, 3.8) is 0 Å². The number of morpholine rings is 1. The lowest BCUT2D eigenvalue weighted by atomic mass is 10.1. The number of nitrogens with zero attached hydrogens (tertiary/aromatic N) is 1. The van der Waals surface area contributed by atoms with Gasteiger partial charge in [-0.3, -0.25) is 4.90 Å². The smallest absolute Gasteiger partial charge is 0.119 e. The summed E-state index contributed by atoms with van der Waals surface area (Å²) in [7, 11) is 0. The number of hydrogen-bond donors (Lipinski definition) is 1. The molecule has 1 N–H and O–H groups in total. The minimum Gasteiger partial charge on any atom is -0.494 e. The zero-order chi connectivity index (χ0) is 14.9. The first-order chi connectivity index (χ1) is 10.3. The summed E-state index contributed by atoms with van der Waals surface area (Å²) >= 11 is 0. The standard InChI is InChI=1S/C17H28N2O2/c1-3-21-17-7-5-16(6-8-17)15(2)18-9-4-10-19-11-13-20-14-12-19/h5-8,15,18H,3-4,9-14H2,1-2H3.